The molecule has 9 heteroatoms. The predicted molar refractivity (Wildman–Crippen MR) is 228 cm³/mol. The monoisotopic (exact) mass is 778 g/mol. The Morgan fingerprint density at radius 3 is 1.57 bits per heavy atom. The topological polar surface area (TPSA) is 117 Å². The third kappa shape index (κ3) is 41.1. The van der Waals surface area contributed by atoms with E-state index in [0.29, 0.717) is 13.0 Å². The number of ether oxygens (including phenoxy) is 2. The number of hydrogen-bond acceptors (Lipinski definition) is 7. The van der Waals surface area contributed by atoms with Crippen molar-refractivity contribution in [2.45, 2.75) is 174 Å². The molecule has 0 aliphatic heterocycles. The van der Waals surface area contributed by atoms with Crippen LogP contribution in [0.15, 0.2) is 72.9 Å². The van der Waals surface area contributed by atoms with Crippen molar-refractivity contribution in [3.05, 3.63) is 72.9 Å². The molecule has 0 rings (SSSR count). The normalized spacial score (nSPS) is 14.2. The summed E-state index contributed by atoms with van der Waals surface area (Å²) in [6.07, 6.45) is 52.1. The lowest BCUT2D eigenvalue weighted by Gasteiger charge is -2.20. The van der Waals surface area contributed by atoms with E-state index in [1.165, 1.54) is 89.9 Å². The average molecular weight is 778 g/mol. The first kappa shape index (κ1) is 51.9. The molecule has 0 spiro atoms. The van der Waals surface area contributed by atoms with Gasteiger partial charge >= 0.3 is 13.8 Å². The smallest absolute Gasteiger partial charge is 0.457 e. The number of allylic oxidation sites excluding steroid dienone is 12. The van der Waals surface area contributed by atoms with Gasteiger partial charge in [-0.05, 0) is 77.0 Å². The van der Waals surface area contributed by atoms with Crippen LogP contribution in [0.3, 0.4) is 0 Å². The summed E-state index contributed by atoms with van der Waals surface area (Å²) in [6.45, 7) is 4.71. The van der Waals surface area contributed by atoms with Crippen molar-refractivity contribution in [3.63, 3.8) is 0 Å². The minimum absolute atomic E-state index is 0.0876. The maximum Gasteiger partial charge on any atom is 0.472 e. The molecule has 2 atom stereocenters. The quantitative estimate of drug-likeness (QED) is 0.0273. The van der Waals surface area contributed by atoms with Gasteiger partial charge in [0, 0.05) is 19.6 Å². The van der Waals surface area contributed by atoms with Gasteiger partial charge in [-0.25, -0.2) is 4.57 Å². The van der Waals surface area contributed by atoms with Crippen LogP contribution < -0.4 is 5.73 Å². The van der Waals surface area contributed by atoms with Crippen molar-refractivity contribution in [2.75, 3.05) is 33.0 Å². The second-order valence-electron chi connectivity index (χ2n) is 13.8. The Labute approximate surface area is 331 Å². The highest BCUT2D eigenvalue weighted by atomic mass is 31.2. The summed E-state index contributed by atoms with van der Waals surface area (Å²) < 4.78 is 33.4. The van der Waals surface area contributed by atoms with E-state index >= 15 is 0 Å². The molecule has 0 saturated carbocycles. The van der Waals surface area contributed by atoms with E-state index in [2.05, 4.69) is 86.8 Å². The average Bonchev–Trinajstić information content (AvgIpc) is 3.16. The summed E-state index contributed by atoms with van der Waals surface area (Å²) in [4.78, 5) is 22.4. The highest BCUT2D eigenvalue weighted by Crippen LogP contribution is 2.43. The summed E-state index contributed by atoms with van der Waals surface area (Å²) >= 11 is 0. The highest BCUT2D eigenvalue weighted by Gasteiger charge is 2.25. The van der Waals surface area contributed by atoms with E-state index < -0.39 is 13.9 Å². The first-order valence-electron chi connectivity index (χ1n) is 21.4. The molecule has 3 N–H and O–H groups in total. The Kier molecular flexibility index (Phi) is 40.5. The number of esters is 1. The Bertz CT molecular complexity index is 1050. The molecule has 0 aromatic rings. The lowest BCUT2D eigenvalue weighted by Crippen LogP contribution is -2.28. The third-order valence-electron chi connectivity index (χ3n) is 8.61. The van der Waals surface area contributed by atoms with E-state index in [-0.39, 0.29) is 38.8 Å². The first-order chi connectivity index (χ1) is 26.4. The second kappa shape index (κ2) is 42.1. The lowest BCUT2D eigenvalue weighted by atomic mass is 10.1. The third-order valence-corrected chi connectivity index (χ3v) is 9.59. The van der Waals surface area contributed by atoms with Crippen LogP contribution in [-0.2, 0) is 27.9 Å². The molecule has 0 aromatic heterocycles. The van der Waals surface area contributed by atoms with Gasteiger partial charge in [0.05, 0.1) is 19.8 Å². The Balaban J connectivity index is 4.15. The molecule has 54 heavy (non-hydrogen) atoms. The van der Waals surface area contributed by atoms with Crippen molar-refractivity contribution >= 4 is 13.8 Å². The molecule has 0 amide bonds. The second-order valence-corrected chi connectivity index (χ2v) is 15.3. The molecule has 2 unspecified atom stereocenters. The largest absolute Gasteiger partial charge is 0.472 e. The van der Waals surface area contributed by atoms with Crippen LogP contribution >= 0.6 is 7.82 Å². The van der Waals surface area contributed by atoms with Gasteiger partial charge in [0.15, 0.2) is 0 Å². The summed E-state index contributed by atoms with van der Waals surface area (Å²) in [6, 6.07) is 0. The van der Waals surface area contributed by atoms with Crippen LogP contribution in [-0.4, -0.2) is 49.9 Å². The number of unbranched alkanes of at least 4 members (excludes halogenated alkanes) is 15. The van der Waals surface area contributed by atoms with Crippen molar-refractivity contribution in [2.24, 2.45) is 5.73 Å². The zero-order valence-corrected chi connectivity index (χ0v) is 35.3. The molecule has 0 aliphatic carbocycles. The van der Waals surface area contributed by atoms with Gasteiger partial charge in [-0.1, -0.05) is 157 Å². The number of phosphoric ester groups is 1. The predicted octanol–water partition coefficient (Wildman–Crippen LogP) is 12.7. The van der Waals surface area contributed by atoms with E-state index in [9.17, 15) is 14.3 Å². The molecule has 0 heterocycles. The fourth-order valence-electron chi connectivity index (χ4n) is 5.50. The Morgan fingerprint density at radius 1 is 0.574 bits per heavy atom. The van der Waals surface area contributed by atoms with Gasteiger partial charge in [0.25, 0.3) is 0 Å². The fourth-order valence-corrected chi connectivity index (χ4v) is 6.26. The van der Waals surface area contributed by atoms with Crippen LogP contribution in [0.2, 0.25) is 0 Å². The Morgan fingerprint density at radius 2 is 1.04 bits per heavy atom. The van der Waals surface area contributed by atoms with Gasteiger partial charge < -0.3 is 20.1 Å². The number of carbonyl (C=O) groups is 1. The number of nitrogens with two attached hydrogens (primary N) is 1. The Hall–Kier alpha value is -2.06. The molecule has 0 saturated heterocycles. The van der Waals surface area contributed by atoms with Crippen LogP contribution in [0.4, 0.5) is 0 Å². The fraction of sp³-hybridized carbons (Fsp3) is 0.711. The van der Waals surface area contributed by atoms with Crippen LogP contribution in [0.5, 0.6) is 0 Å². The number of carbonyl (C=O) groups excluding carboxylic acids is 1. The van der Waals surface area contributed by atoms with Gasteiger partial charge in [0.1, 0.15) is 6.10 Å². The van der Waals surface area contributed by atoms with Crippen molar-refractivity contribution < 1.29 is 32.8 Å². The molecule has 0 bridgehead atoms. The maximum atomic E-state index is 12.6. The van der Waals surface area contributed by atoms with E-state index in [4.69, 9.17) is 24.3 Å². The summed E-state index contributed by atoms with van der Waals surface area (Å²) in [5.74, 6) is -0.389. The molecule has 0 aliphatic rings. The first-order valence-corrected chi connectivity index (χ1v) is 22.9. The van der Waals surface area contributed by atoms with Crippen molar-refractivity contribution in [1.82, 2.24) is 0 Å². The molecule has 0 radical (unpaired) electrons. The standard InChI is InChI=1S/C45H80NO7P/c1-3-5-7-9-11-13-15-17-19-21-23-25-27-29-31-33-35-37-40-50-42-44(43-52-54(48,49)51-41-39-46)53-45(47)38-36-34-32-30-28-26-24-22-20-18-16-14-12-10-8-6-4-2/h6,8,12,14,17-20,24,26,30,32,44H,3-5,7,9-11,13,15-16,21-23,25,27-29,31,33-43,46H2,1-2H3,(H,48,49)/b8-6-,14-12-,19-17-,20-18-,26-24-,32-30-. The molecule has 0 aromatic carbocycles. The van der Waals surface area contributed by atoms with Crippen LogP contribution in [0, 0.1) is 0 Å². The summed E-state index contributed by atoms with van der Waals surface area (Å²) in [5.41, 5.74) is 5.36. The van der Waals surface area contributed by atoms with E-state index in [1.54, 1.807) is 0 Å². The SMILES string of the molecule is CC/C=C\C/C=C\C/C=C\C/C=C\C/C=C\CCCC(=O)OC(COCCCCCCCCCC/C=C\CCCCCCCC)COP(=O)(O)OCCN. The van der Waals surface area contributed by atoms with Crippen molar-refractivity contribution in [3.8, 4) is 0 Å². The maximum absolute atomic E-state index is 12.6. The zero-order chi connectivity index (χ0) is 39.5. The van der Waals surface area contributed by atoms with Crippen LogP contribution in [0.25, 0.3) is 0 Å². The van der Waals surface area contributed by atoms with E-state index in [0.717, 1.165) is 51.4 Å². The van der Waals surface area contributed by atoms with E-state index in [1.807, 2.05) is 0 Å². The molecular weight excluding hydrogens is 697 g/mol. The molecule has 8 nitrogen and oxygen atoms in total. The van der Waals surface area contributed by atoms with Gasteiger partial charge in [-0.3, -0.25) is 13.8 Å². The number of rotatable bonds is 40. The van der Waals surface area contributed by atoms with Gasteiger partial charge in [0.2, 0.25) is 0 Å². The molecule has 0 fully saturated rings. The van der Waals surface area contributed by atoms with Crippen LogP contribution in [0.1, 0.15) is 168 Å². The lowest BCUT2D eigenvalue weighted by molar-refractivity contribution is -0.154. The zero-order valence-electron chi connectivity index (χ0n) is 34.4. The van der Waals surface area contributed by atoms with Gasteiger partial charge in [-0.2, -0.15) is 0 Å². The minimum atomic E-state index is -4.30. The van der Waals surface area contributed by atoms with Crippen molar-refractivity contribution in [1.29, 1.82) is 0 Å². The summed E-state index contributed by atoms with van der Waals surface area (Å²) in [7, 11) is -4.30. The van der Waals surface area contributed by atoms with Gasteiger partial charge in [-0.15, -0.1) is 0 Å². The number of hydrogen-bond donors (Lipinski definition) is 2. The molecular formula is C45H80NO7P. The molecule has 312 valence electrons. The minimum Gasteiger partial charge on any atom is -0.457 e. The highest BCUT2D eigenvalue weighted by molar-refractivity contribution is 7.47. The number of phosphoric acid groups is 1. The summed E-state index contributed by atoms with van der Waals surface area (Å²) in [5, 5.41) is 0.